The van der Waals surface area contributed by atoms with E-state index in [2.05, 4.69) is 10.5 Å². The highest BCUT2D eigenvalue weighted by Gasteiger charge is 2.27. The van der Waals surface area contributed by atoms with Gasteiger partial charge in [0.05, 0.1) is 22.8 Å². The van der Waals surface area contributed by atoms with Crippen LogP contribution in [0.25, 0.3) is 11.3 Å². The number of esters is 1. The van der Waals surface area contributed by atoms with Crippen molar-refractivity contribution >= 4 is 39.8 Å². The van der Waals surface area contributed by atoms with Crippen LogP contribution in [0.2, 0.25) is 5.02 Å². The Morgan fingerprint density at radius 3 is 2.79 bits per heavy atom. The van der Waals surface area contributed by atoms with Crippen LogP contribution in [0.5, 0.6) is 0 Å². The molecule has 0 aliphatic rings. The number of amides is 1. The Balaban J connectivity index is 2.00. The molecule has 0 bridgehead atoms. The van der Waals surface area contributed by atoms with Crippen molar-refractivity contribution in [2.45, 2.75) is 20.8 Å². The number of hydrogen-bond donors (Lipinski definition) is 1. The summed E-state index contributed by atoms with van der Waals surface area (Å²) in [5.41, 5.74) is 0.244. The van der Waals surface area contributed by atoms with Crippen molar-refractivity contribution in [3.63, 3.8) is 0 Å². The molecule has 1 amide bonds. The highest BCUT2D eigenvalue weighted by atomic mass is 35.5. The average molecular weight is 423 g/mol. The molecule has 1 aromatic carbocycles. The van der Waals surface area contributed by atoms with Gasteiger partial charge in [0.2, 0.25) is 0 Å². The fourth-order valence-corrected chi connectivity index (χ4v) is 3.81. The molecule has 0 aliphatic heterocycles. The standard InChI is InChI=1S/C19H16ClFN2O4S/c1-4-26-19(25)11-8-9(2)28-18(11)22-17(24)14-10(3)27-23-16(14)15-12(20)6-5-7-13(15)21/h5-8H,4H2,1-3H3,(H,22,24). The fourth-order valence-electron chi connectivity index (χ4n) is 2.67. The maximum absolute atomic E-state index is 14.3. The van der Waals surface area contributed by atoms with Crippen LogP contribution in [0.3, 0.4) is 0 Å². The average Bonchev–Trinajstić information content (AvgIpc) is 3.18. The summed E-state index contributed by atoms with van der Waals surface area (Å²) in [6.07, 6.45) is 0. The van der Waals surface area contributed by atoms with Gasteiger partial charge in [-0.25, -0.2) is 9.18 Å². The number of hydrogen-bond acceptors (Lipinski definition) is 6. The van der Waals surface area contributed by atoms with E-state index in [9.17, 15) is 14.0 Å². The Labute approximate surface area is 169 Å². The lowest BCUT2D eigenvalue weighted by Crippen LogP contribution is -2.15. The van der Waals surface area contributed by atoms with Gasteiger partial charge in [0.15, 0.2) is 0 Å². The number of nitrogens with zero attached hydrogens (tertiary/aromatic N) is 1. The molecule has 1 N–H and O–H groups in total. The summed E-state index contributed by atoms with van der Waals surface area (Å²) >= 11 is 7.33. The van der Waals surface area contributed by atoms with Gasteiger partial charge < -0.3 is 14.6 Å². The predicted octanol–water partition coefficient (Wildman–Crippen LogP) is 5.24. The van der Waals surface area contributed by atoms with Gasteiger partial charge in [0.25, 0.3) is 5.91 Å². The van der Waals surface area contributed by atoms with Gasteiger partial charge in [0, 0.05) is 4.88 Å². The zero-order chi connectivity index (χ0) is 20.4. The molecule has 0 aliphatic carbocycles. The number of anilines is 1. The summed E-state index contributed by atoms with van der Waals surface area (Å²) in [6.45, 7) is 5.24. The van der Waals surface area contributed by atoms with Crippen molar-refractivity contribution < 1.29 is 23.2 Å². The van der Waals surface area contributed by atoms with E-state index in [0.717, 1.165) is 4.88 Å². The van der Waals surface area contributed by atoms with E-state index in [-0.39, 0.29) is 39.8 Å². The molecule has 0 atom stereocenters. The van der Waals surface area contributed by atoms with Crippen LogP contribution in [-0.4, -0.2) is 23.6 Å². The van der Waals surface area contributed by atoms with Crippen LogP contribution < -0.4 is 5.32 Å². The number of aryl methyl sites for hydroxylation is 2. The molecule has 3 aromatic rings. The number of halogens is 2. The van der Waals surface area contributed by atoms with Gasteiger partial charge in [-0.15, -0.1) is 11.3 Å². The molecular formula is C19H16ClFN2O4S. The number of benzene rings is 1. The monoisotopic (exact) mass is 422 g/mol. The van der Waals surface area contributed by atoms with E-state index in [1.807, 2.05) is 0 Å². The van der Waals surface area contributed by atoms with Crippen molar-refractivity contribution in [2.75, 3.05) is 11.9 Å². The third-order valence-electron chi connectivity index (χ3n) is 3.87. The van der Waals surface area contributed by atoms with Gasteiger partial charge in [0.1, 0.15) is 27.8 Å². The van der Waals surface area contributed by atoms with E-state index in [1.54, 1.807) is 19.9 Å². The van der Waals surface area contributed by atoms with Crippen molar-refractivity contribution in [3.8, 4) is 11.3 Å². The summed E-state index contributed by atoms with van der Waals surface area (Å²) in [6, 6.07) is 5.79. The predicted molar refractivity (Wildman–Crippen MR) is 105 cm³/mol. The van der Waals surface area contributed by atoms with Crippen molar-refractivity contribution in [1.29, 1.82) is 0 Å². The van der Waals surface area contributed by atoms with E-state index >= 15 is 0 Å². The molecule has 0 unspecified atom stereocenters. The summed E-state index contributed by atoms with van der Waals surface area (Å²) < 4.78 is 24.5. The lowest BCUT2D eigenvalue weighted by molar-refractivity contribution is 0.0528. The summed E-state index contributed by atoms with van der Waals surface area (Å²) in [5.74, 6) is -1.58. The number of nitrogens with one attached hydrogen (secondary N) is 1. The van der Waals surface area contributed by atoms with Crippen LogP contribution in [0.15, 0.2) is 28.8 Å². The third kappa shape index (κ3) is 3.79. The van der Waals surface area contributed by atoms with Crippen molar-refractivity contribution in [2.24, 2.45) is 0 Å². The molecule has 6 nitrogen and oxygen atoms in total. The van der Waals surface area contributed by atoms with Crippen LogP contribution in [-0.2, 0) is 4.74 Å². The van der Waals surface area contributed by atoms with Crippen LogP contribution in [0.4, 0.5) is 9.39 Å². The lowest BCUT2D eigenvalue weighted by atomic mass is 10.0. The van der Waals surface area contributed by atoms with Gasteiger partial charge in [-0.2, -0.15) is 0 Å². The normalized spacial score (nSPS) is 10.8. The molecule has 0 spiro atoms. The first-order chi connectivity index (χ1) is 13.3. The molecular weight excluding hydrogens is 407 g/mol. The SMILES string of the molecule is CCOC(=O)c1cc(C)sc1NC(=O)c1c(-c2c(F)cccc2Cl)noc1C. The van der Waals surface area contributed by atoms with Crippen molar-refractivity contribution in [1.82, 2.24) is 5.16 Å². The van der Waals surface area contributed by atoms with Gasteiger partial charge in [-0.3, -0.25) is 4.79 Å². The Bertz CT molecular complexity index is 1040. The van der Waals surface area contributed by atoms with Gasteiger partial charge in [-0.1, -0.05) is 22.8 Å². The van der Waals surface area contributed by atoms with Crippen LogP contribution in [0.1, 0.15) is 38.3 Å². The molecule has 0 radical (unpaired) electrons. The molecule has 3 rings (SSSR count). The topological polar surface area (TPSA) is 81.4 Å². The lowest BCUT2D eigenvalue weighted by Gasteiger charge is -2.08. The van der Waals surface area contributed by atoms with Gasteiger partial charge in [-0.05, 0) is 39.0 Å². The maximum Gasteiger partial charge on any atom is 0.341 e. The highest BCUT2D eigenvalue weighted by Crippen LogP contribution is 2.35. The molecule has 146 valence electrons. The quantitative estimate of drug-likeness (QED) is 0.568. The minimum atomic E-state index is -0.631. The Morgan fingerprint density at radius 2 is 2.11 bits per heavy atom. The first-order valence-electron chi connectivity index (χ1n) is 8.33. The van der Waals surface area contributed by atoms with Gasteiger partial charge >= 0.3 is 5.97 Å². The first-order valence-corrected chi connectivity index (χ1v) is 9.52. The number of carbonyl (C=O) groups excluding carboxylic acids is 2. The Kier molecular flexibility index (Phi) is 5.81. The molecule has 2 aromatic heterocycles. The summed E-state index contributed by atoms with van der Waals surface area (Å²) in [7, 11) is 0. The zero-order valence-corrected chi connectivity index (χ0v) is 16.8. The smallest absolute Gasteiger partial charge is 0.341 e. The number of thiophene rings is 1. The molecule has 2 heterocycles. The van der Waals surface area contributed by atoms with Crippen LogP contribution >= 0.6 is 22.9 Å². The first kappa shape index (κ1) is 20.0. The second-order valence-electron chi connectivity index (χ2n) is 5.83. The zero-order valence-electron chi connectivity index (χ0n) is 15.3. The molecule has 28 heavy (non-hydrogen) atoms. The second-order valence-corrected chi connectivity index (χ2v) is 7.50. The molecule has 9 heteroatoms. The Morgan fingerprint density at radius 1 is 1.36 bits per heavy atom. The number of rotatable bonds is 5. The number of aromatic nitrogens is 1. The largest absolute Gasteiger partial charge is 0.462 e. The minimum absolute atomic E-state index is 0.0101. The third-order valence-corrected chi connectivity index (χ3v) is 5.15. The van der Waals surface area contributed by atoms with Crippen LogP contribution in [0, 0.1) is 19.7 Å². The molecule has 0 saturated heterocycles. The van der Waals surface area contributed by atoms with E-state index in [1.165, 1.54) is 36.5 Å². The molecule has 0 saturated carbocycles. The fraction of sp³-hybridized carbons (Fsp3) is 0.211. The Hall–Kier alpha value is -2.71. The highest BCUT2D eigenvalue weighted by molar-refractivity contribution is 7.16. The minimum Gasteiger partial charge on any atom is -0.462 e. The van der Waals surface area contributed by atoms with E-state index in [0.29, 0.717) is 5.00 Å². The maximum atomic E-state index is 14.3. The number of ether oxygens (including phenoxy) is 1. The summed E-state index contributed by atoms with van der Waals surface area (Å²) in [4.78, 5) is 25.9. The molecule has 0 fully saturated rings. The summed E-state index contributed by atoms with van der Waals surface area (Å²) in [5, 5.41) is 6.91. The van der Waals surface area contributed by atoms with Crippen molar-refractivity contribution in [3.05, 3.63) is 56.9 Å². The number of carbonyl (C=O) groups is 2. The second kappa shape index (κ2) is 8.12. The van der Waals surface area contributed by atoms with E-state index in [4.69, 9.17) is 20.9 Å². The van der Waals surface area contributed by atoms with E-state index < -0.39 is 17.7 Å².